The van der Waals surface area contributed by atoms with Crippen molar-refractivity contribution in [3.8, 4) is 5.75 Å². The fourth-order valence-corrected chi connectivity index (χ4v) is 3.41. The van der Waals surface area contributed by atoms with E-state index in [0.29, 0.717) is 6.73 Å². The minimum atomic E-state index is -1.02. The molecular formula is C14H21IN2O2Si. The molecule has 0 saturated carbocycles. The lowest BCUT2D eigenvalue weighted by Crippen LogP contribution is -2.22. The number of ether oxygens (including phenoxy) is 2. The zero-order valence-corrected chi connectivity index (χ0v) is 15.6. The third kappa shape index (κ3) is 3.73. The summed E-state index contributed by atoms with van der Waals surface area (Å²) >= 11 is 2.29. The van der Waals surface area contributed by atoms with E-state index in [9.17, 15) is 0 Å². The standard InChI is InChI=1S/C14H21IN2O2Si/c1-18-12-9-16-14-11(13(12)15)5-6-17(14)10-19-7-8-20(2,3)4/h5-6,9H,7-8,10H2,1-4H3. The molecule has 2 aromatic heterocycles. The third-order valence-corrected chi connectivity index (χ3v) is 5.95. The Hall–Kier alpha value is -0.603. The van der Waals surface area contributed by atoms with Crippen LogP contribution in [-0.2, 0) is 11.5 Å². The number of hydrogen-bond donors (Lipinski definition) is 0. The summed E-state index contributed by atoms with van der Waals surface area (Å²) in [6.45, 7) is 8.46. The Labute approximate surface area is 134 Å². The molecule has 110 valence electrons. The second-order valence-corrected chi connectivity index (χ2v) is 12.7. The Morgan fingerprint density at radius 3 is 2.75 bits per heavy atom. The summed E-state index contributed by atoms with van der Waals surface area (Å²) in [7, 11) is 0.646. The molecule has 6 heteroatoms. The van der Waals surface area contributed by atoms with Gasteiger partial charge in [-0.25, -0.2) is 4.98 Å². The molecule has 20 heavy (non-hydrogen) atoms. The largest absolute Gasteiger partial charge is 0.494 e. The highest BCUT2D eigenvalue weighted by Crippen LogP contribution is 2.28. The van der Waals surface area contributed by atoms with Gasteiger partial charge in [0.2, 0.25) is 0 Å². The number of aromatic nitrogens is 2. The molecule has 0 aromatic carbocycles. The van der Waals surface area contributed by atoms with Gasteiger partial charge in [0, 0.05) is 26.3 Å². The molecule has 0 aliphatic heterocycles. The molecular weight excluding hydrogens is 383 g/mol. The molecule has 0 atom stereocenters. The van der Waals surface area contributed by atoms with Crippen molar-refractivity contribution in [1.29, 1.82) is 0 Å². The molecule has 0 spiro atoms. The Morgan fingerprint density at radius 1 is 1.35 bits per heavy atom. The number of nitrogens with zero attached hydrogens (tertiary/aromatic N) is 2. The summed E-state index contributed by atoms with van der Waals surface area (Å²) in [4.78, 5) is 4.46. The van der Waals surface area contributed by atoms with E-state index in [4.69, 9.17) is 9.47 Å². The normalized spacial score (nSPS) is 12.1. The van der Waals surface area contributed by atoms with Gasteiger partial charge in [-0.2, -0.15) is 0 Å². The SMILES string of the molecule is COc1cnc2c(ccn2COCC[Si](C)(C)C)c1I. The topological polar surface area (TPSA) is 36.3 Å². The second-order valence-electron chi connectivity index (χ2n) is 6.01. The molecule has 2 heterocycles. The lowest BCUT2D eigenvalue weighted by molar-refractivity contribution is 0.0899. The van der Waals surface area contributed by atoms with E-state index in [-0.39, 0.29) is 0 Å². The van der Waals surface area contributed by atoms with E-state index in [0.717, 1.165) is 27.0 Å². The van der Waals surface area contributed by atoms with Crippen molar-refractivity contribution in [2.45, 2.75) is 32.4 Å². The van der Waals surface area contributed by atoms with Crippen LogP contribution in [0.4, 0.5) is 0 Å². The number of rotatable bonds is 6. The first-order valence-corrected chi connectivity index (χ1v) is 11.5. The average molecular weight is 404 g/mol. The lowest BCUT2D eigenvalue weighted by Gasteiger charge is -2.15. The monoisotopic (exact) mass is 404 g/mol. The molecule has 4 nitrogen and oxygen atoms in total. The van der Waals surface area contributed by atoms with Crippen molar-refractivity contribution >= 4 is 41.7 Å². The summed E-state index contributed by atoms with van der Waals surface area (Å²) in [6, 6.07) is 3.25. The zero-order chi connectivity index (χ0) is 14.8. The first kappa shape index (κ1) is 15.8. The number of halogens is 1. The van der Waals surface area contributed by atoms with Crippen LogP contribution >= 0.6 is 22.6 Å². The van der Waals surface area contributed by atoms with E-state index in [1.807, 2.05) is 10.8 Å². The fraction of sp³-hybridized carbons (Fsp3) is 0.500. The minimum absolute atomic E-state index is 0.559. The maximum atomic E-state index is 5.78. The number of pyridine rings is 1. The number of hydrogen-bond acceptors (Lipinski definition) is 3. The van der Waals surface area contributed by atoms with Gasteiger partial charge in [0.25, 0.3) is 0 Å². The van der Waals surface area contributed by atoms with E-state index < -0.39 is 8.07 Å². The Balaban J connectivity index is 2.07. The van der Waals surface area contributed by atoms with Crippen LogP contribution in [0.1, 0.15) is 0 Å². The van der Waals surface area contributed by atoms with E-state index in [1.54, 1.807) is 13.3 Å². The van der Waals surface area contributed by atoms with Crippen LogP contribution < -0.4 is 4.74 Å². The molecule has 0 aliphatic rings. The highest BCUT2D eigenvalue weighted by molar-refractivity contribution is 14.1. The molecule has 2 aromatic rings. The summed E-state index contributed by atoms with van der Waals surface area (Å²) in [5.41, 5.74) is 0.947. The van der Waals surface area contributed by atoms with E-state index >= 15 is 0 Å². The summed E-state index contributed by atoms with van der Waals surface area (Å²) in [6.07, 6.45) is 3.79. The summed E-state index contributed by atoms with van der Waals surface area (Å²) < 4.78 is 14.2. The Bertz CT molecular complexity index is 593. The van der Waals surface area contributed by atoms with Crippen LogP contribution in [-0.4, -0.2) is 31.3 Å². The van der Waals surface area contributed by atoms with E-state index in [2.05, 4.69) is 53.3 Å². The highest BCUT2D eigenvalue weighted by Gasteiger charge is 2.13. The number of fused-ring (bicyclic) bond motifs is 1. The summed E-state index contributed by atoms with van der Waals surface area (Å²) in [5.74, 6) is 0.815. The van der Waals surface area contributed by atoms with Crippen LogP contribution in [0.2, 0.25) is 25.7 Å². The lowest BCUT2D eigenvalue weighted by atomic mass is 10.3. The Morgan fingerprint density at radius 2 is 2.10 bits per heavy atom. The predicted molar refractivity (Wildman–Crippen MR) is 93.1 cm³/mol. The van der Waals surface area contributed by atoms with Crippen LogP contribution in [0, 0.1) is 3.57 Å². The van der Waals surface area contributed by atoms with Crippen molar-refractivity contribution in [1.82, 2.24) is 9.55 Å². The summed E-state index contributed by atoms with van der Waals surface area (Å²) in [5, 5.41) is 1.11. The maximum Gasteiger partial charge on any atom is 0.151 e. The van der Waals surface area contributed by atoms with Gasteiger partial charge >= 0.3 is 0 Å². The van der Waals surface area contributed by atoms with Gasteiger partial charge < -0.3 is 14.0 Å². The molecule has 0 N–H and O–H groups in total. The molecule has 0 bridgehead atoms. The van der Waals surface area contributed by atoms with Crippen LogP contribution in [0.25, 0.3) is 11.0 Å². The van der Waals surface area contributed by atoms with E-state index in [1.165, 1.54) is 6.04 Å². The van der Waals surface area contributed by atoms with Crippen molar-refractivity contribution < 1.29 is 9.47 Å². The maximum absolute atomic E-state index is 5.78. The van der Waals surface area contributed by atoms with Gasteiger partial charge in [-0.05, 0) is 34.7 Å². The first-order valence-electron chi connectivity index (χ1n) is 6.67. The molecule has 2 rings (SSSR count). The van der Waals surface area contributed by atoms with Gasteiger partial charge in [0.1, 0.15) is 12.4 Å². The minimum Gasteiger partial charge on any atom is -0.494 e. The van der Waals surface area contributed by atoms with Crippen LogP contribution in [0.5, 0.6) is 5.75 Å². The molecule has 0 amide bonds. The van der Waals surface area contributed by atoms with Gasteiger partial charge in [0.05, 0.1) is 16.9 Å². The quantitative estimate of drug-likeness (QED) is 0.416. The molecule has 0 aliphatic carbocycles. The van der Waals surface area contributed by atoms with Gasteiger partial charge in [-0.3, -0.25) is 0 Å². The fourth-order valence-electron chi connectivity index (χ4n) is 1.88. The van der Waals surface area contributed by atoms with Crippen molar-refractivity contribution in [3.63, 3.8) is 0 Å². The highest BCUT2D eigenvalue weighted by atomic mass is 127. The predicted octanol–water partition coefficient (Wildman–Crippen LogP) is 3.96. The average Bonchev–Trinajstić information content (AvgIpc) is 2.78. The molecule has 0 fully saturated rings. The van der Waals surface area contributed by atoms with Gasteiger partial charge in [-0.15, -0.1) is 0 Å². The molecule has 0 radical (unpaired) electrons. The molecule has 0 unspecified atom stereocenters. The smallest absolute Gasteiger partial charge is 0.151 e. The number of methoxy groups -OCH3 is 1. The van der Waals surface area contributed by atoms with Crippen molar-refractivity contribution in [3.05, 3.63) is 22.0 Å². The zero-order valence-electron chi connectivity index (χ0n) is 12.4. The van der Waals surface area contributed by atoms with Crippen LogP contribution in [0.15, 0.2) is 18.5 Å². The third-order valence-electron chi connectivity index (χ3n) is 3.14. The molecule has 0 saturated heterocycles. The van der Waals surface area contributed by atoms with Gasteiger partial charge in [0.15, 0.2) is 5.75 Å². The van der Waals surface area contributed by atoms with Crippen LogP contribution in [0.3, 0.4) is 0 Å². The van der Waals surface area contributed by atoms with Gasteiger partial charge in [-0.1, -0.05) is 19.6 Å². The first-order chi connectivity index (χ1) is 9.42. The van der Waals surface area contributed by atoms with Crippen molar-refractivity contribution in [2.24, 2.45) is 0 Å². The second kappa shape index (κ2) is 6.44. The van der Waals surface area contributed by atoms with Crippen molar-refractivity contribution in [2.75, 3.05) is 13.7 Å². The Kier molecular flexibility index (Phi) is 5.08.